The number of carbonyl (C=O) groups is 4. The standard InChI is InChI=1S/C10H16N2O7.2Na.2H/c11-5(9(15)16)1-3-7(13)19-8(14)4-2-6(12)10(17)18;;;;/h5-6H,1-4,11-12H2,(H,15,16)(H,17,18);;;;/q;2*+1;2*-1/t5-,6-;;;;/m0..../s1. The molecular formula is C10H18N2Na2O7. The third kappa shape index (κ3) is 13.4. The topological polar surface area (TPSA) is 170 Å². The number of hydrogen-bond acceptors (Lipinski definition) is 7. The van der Waals surface area contributed by atoms with Crippen LogP contribution < -0.4 is 70.6 Å². The zero-order chi connectivity index (χ0) is 15.0. The molecule has 9 nitrogen and oxygen atoms in total. The molecule has 0 fully saturated rings. The summed E-state index contributed by atoms with van der Waals surface area (Å²) in [5.41, 5.74) is 10.3. The fourth-order valence-corrected chi connectivity index (χ4v) is 1.02. The summed E-state index contributed by atoms with van der Waals surface area (Å²) in [6.45, 7) is 0. The van der Waals surface area contributed by atoms with E-state index in [4.69, 9.17) is 21.7 Å². The predicted octanol–water partition coefficient (Wildman–Crippen LogP) is -7.33. The first-order valence-corrected chi connectivity index (χ1v) is 5.44. The Hall–Kier alpha value is 0. The van der Waals surface area contributed by atoms with Crippen LogP contribution >= 0.6 is 0 Å². The fourth-order valence-electron chi connectivity index (χ4n) is 1.02. The molecule has 0 rings (SSSR count). The van der Waals surface area contributed by atoms with Crippen molar-refractivity contribution in [2.75, 3.05) is 0 Å². The fraction of sp³-hybridized carbons (Fsp3) is 0.600. The molecule has 0 aliphatic carbocycles. The van der Waals surface area contributed by atoms with Crippen molar-refractivity contribution in [1.29, 1.82) is 0 Å². The molecule has 2 atom stereocenters. The van der Waals surface area contributed by atoms with Gasteiger partial charge in [-0.3, -0.25) is 19.2 Å². The van der Waals surface area contributed by atoms with E-state index in [0.29, 0.717) is 0 Å². The van der Waals surface area contributed by atoms with Crippen LogP contribution in [0.4, 0.5) is 0 Å². The number of carbonyl (C=O) groups excluding carboxylic acids is 2. The molecule has 6 N–H and O–H groups in total. The third-order valence-electron chi connectivity index (χ3n) is 2.18. The van der Waals surface area contributed by atoms with Crippen LogP contribution in [0.25, 0.3) is 0 Å². The van der Waals surface area contributed by atoms with E-state index in [1.165, 1.54) is 0 Å². The van der Waals surface area contributed by atoms with Crippen molar-refractivity contribution in [2.24, 2.45) is 11.5 Å². The molecule has 0 aromatic heterocycles. The molecule has 0 radical (unpaired) electrons. The minimum absolute atomic E-state index is 0. The van der Waals surface area contributed by atoms with E-state index in [2.05, 4.69) is 4.74 Å². The molecule has 0 saturated heterocycles. The van der Waals surface area contributed by atoms with Crippen molar-refractivity contribution in [2.45, 2.75) is 37.8 Å². The molecule has 0 saturated carbocycles. The molecular weight excluding hydrogens is 306 g/mol. The molecule has 0 bridgehead atoms. The van der Waals surface area contributed by atoms with Gasteiger partial charge in [0.2, 0.25) is 0 Å². The largest absolute Gasteiger partial charge is 1.00 e. The summed E-state index contributed by atoms with van der Waals surface area (Å²) in [5, 5.41) is 16.9. The van der Waals surface area contributed by atoms with Crippen LogP contribution in [0.5, 0.6) is 0 Å². The Morgan fingerprint density at radius 3 is 1.38 bits per heavy atom. The summed E-state index contributed by atoms with van der Waals surface area (Å²) in [6, 6.07) is -2.41. The van der Waals surface area contributed by atoms with Gasteiger partial charge in [-0.25, -0.2) is 0 Å². The average Bonchev–Trinajstić information content (AvgIpc) is 2.32. The summed E-state index contributed by atoms with van der Waals surface area (Å²) < 4.78 is 4.34. The van der Waals surface area contributed by atoms with Crippen molar-refractivity contribution >= 4 is 23.9 Å². The summed E-state index contributed by atoms with van der Waals surface area (Å²) in [5.74, 6) is -4.34. The number of hydrogen-bond donors (Lipinski definition) is 4. The average molecular weight is 324 g/mol. The Bertz CT molecular complexity index is 354. The normalized spacial score (nSPS) is 12.1. The number of esters is 2. The quantitative estimate of drug-likeness (QED) is 0.192. The molecule has 0 aliphatic rings. The minimum atomic E-state index is -1.26. The van der Waals surface area contributed by atoms with Gasteiger partial charge in [-0.1, -0.05) is 0 Å². The zero-order valence-corrected chi connectivity index (χ0v) is 16.1. The molecule has 0 aromatic carbocycles. The Labute approximate surface area is 168 Å². The maximum absolute atomic E-state index is 11.1. The molecule has 0 heterocycles. The second-order valence-electron chi connectivity index (χ2n) is 3.81. The van der Waals surface area contributed by atoms with Gasteiger partial charge in [0, 0.05) is 12.8 Å². The van der Waals surface area contributed by atoms with E-state index < -0.39 is 36.0 Å². The van der Waals surface area contributed by atoms with E-state index in [0.717, 1.165) is 0 Å². The van der Waals surface area contributed by atoms with E-state index in [1.807, 2.05) is 0 Å². The summed E-state index contributed by atoms with van der Waals surface area (Å²) in [7, 11) is 0. The molecule has 0 spiro atoms. The second kappa shape index (κ2) is 13.6. The third-order valence-corrected chi connectivity index (χ3v) is 2.18. The molecule has 21 heavy (non-hydrogen) atoms. The van der Waals surface area contributed by atoms with Crippen LogP contribution in [-0.2, 0) is 23.9 Å². The molecule has 11 heteroatoms. The van der Waals surface area contributed by atoms with E-state index in [1.54, 1.807) is 0 Å². The molecule has 0 aromatic rings. The first kappa shape index (κ1) is 25.9. The van der Waals surface area contributed by atoms with Gasteiger partial charge in [0.25, 0.3) is 0 Å². The van der Waals surface area contributed by atoms with Gasteiger partial charge in [-0.15, -0.1) is 0 Å². The zero-order valence-electron chi connectivity index (χ0n) is 14.1. The van der Waals surface area contributed by atoms with Crippen molar-refractivity contribution in [3.63, 3.8) is 0 Å². The van der Waals surface area contributed by atoms with Gasteiger partial charge in [0.15, 0.2) is 0 Å². The summed E-state index contributed by atoms with van der Waals surface area (Å²) >= 11 is 0. The van der Waals surface area contributed by atoms with E-state index in [-0.39, 0.29) is 87.7 Å². The minimum Gasteiger partial charge on any atom is -1.00 e. The van der Waals surface area contributed by atoms with Gasteiger partial charge in [-0.05, 0) is 12.8 Å². The van der Waals surface area contributed by atoms with Crippen LogP contribution in [0, 0.1) is 0 Å². The van der Waals surface area contributed by atoms with Gasteiger partial charge < -0.3 is 29.3 Å². The van der Waals surface area contributed by atoms with Crippen molar-refractivity contribution in [3.05, 3.63) is 0 Å². The maximum atomic E-state index is 11.1. The van der Waals surface area contributed by atoms with Crippen LogP contribution in [0.15, 0.2) is 0 Å². The Kier molecular flexibility index (Phi) is 16.8. The first-order chi connectivity index (χ1) is 8.73. The Balaban J connectivity index is -0.000000270. The van der Waals surface area contributed by atoms with Crippen molar-refractivity contribution in [1.82, 2.24) is 0 Å². The van der Waals surface area contributed by atoms with Crippen LogP contribution in [0.1, 0.15) is 28.5 Å². The summed E-state index contributed by atoms with van der Waals surface area (Å²) in [6.07, 6.45) is -0.944. The second-order valence-corrected chi connectivity index (χ2v) is 3.81. The maximum Gasteiger partial charge on any atom is 1.00 e. The Morgan fingerprint density at radius 1 is 0.857 bits per heavy atom. The monoisotopic (exact) mass is 324 g/mol. The first-order valence-electron chi connectivity index (χ1n) is 5.44. The summed E-state index contributed by atoms with van der Waals surface area (Å²) in [4.78, 5) is 43.0. The van der Waals surface area contributed by atoms with Crippen LogP contribution in [-0.4, -0.2) is 46.2 Å². The number of rotatable bonds is 8. The number of ether oxygens (including phenoxy) is 1. The SMILES string of the molecule is N[C@@H](CCC(=O)OC(=O)CC[C@H](N)C(=O)O)C(=O)O.[H-].[H-].[Na+].[Na+]. The van der Waals surface area contributed by atoms with Gasteiger partial charge in [0.05, 0.1) is 0 Å². The molecule has 0 unspecified atom stereocenters. The number of nitrogens with two attached hydrogens (primary N) is 2. The van der Waals surface area contributed by atoms with Gasteiger partial charge in [-0.2, -0.15) is 0 Å². The number of carboxylic acids is 2. The smallest absolute Gasteiger partial charge is 1.00 e. The number of aliphatic carboxylic acids is 2. The van der Waals surface area contributed by atoms with Crippen LogP contribution in [0.2, 0.25) is 0 Å². The van der Waals surface area contributed by atoms with Crippen LogP contribution in [0.3, 0.4) is 0 Å². The molecule has 112 valence electrons. The number of carboxylic acid groups (broad SMARTS) is 2. The van der Waals surface area contributed by atoms with E-state index in [9.17, 15) is 19.2 Å². The molecule has 0 amide bonds. The Morgan fingerprint density at radius 2 is 1.14 bits per heavy atom. The molecule has 0 aliphatic heterocycles. The van der Waals surface area contributed by atoms with Crippen molar-refractivity contribution in [3.8, 4) is 0 Å². The van der Waals surface area contributed by atoms with Gasteiger partial charge >= 0.3 is 83.0 Å². The van der Waals surface area contributed by atoms with E-state index >= 15 is 0 Å². The predicted molar refractivity (Wildman–Crippen MR) is 63.0 cm³/mol. The van der Waals surface area contributed by atoms with Gasteiger partial charge in [0.1, 0.15) is 12.1 Å². The van der Waals surface area contributed by atoms with Crippen molar-refractivity contribution < 1.29 is 96.1 Å².